The minimum Gasteiger partial charge on any atom is -0.146 e. The second kappa shape index (κ2) is 7.19. The summed E-state index contributed by atoms with van der Waals surface area (Å²) in [5, 5.41) is 0. The molecule has 0 rings (SSSR count). The largest absolute Gasteiger partial charge is 0.348 e. The van der Waals surface area contributed by atoms with E-state index in [1.54, 1.807) is 0 Å². The lowest BCUT2D eigenvalue weighted by atomic mass is 10.7. The molecule has 0 amide bonds. The molecule has 0 saturated heterocycles. The molecular weight excluding hydrogens is 309 g/mol. The van der Waals surface area contributed by atoms with E-state index in [1.165, 1.54) is 0 Å². The highest BCUT2D eigenvalue weighted by Crippen LogP contribution is 2.81. The van der Waals surface area contributed by atoms with Crippen LogP contribution < -0.4 is 0 Å². The van der Waals surface area contributed by atoms with Gasteiger partial charge in [0.1, 0.15) is 11.2 Å². The van der Waals surface area contributed by atoms with Crippen molar-refractivity contribution in [2.24, 2.45) is 0 Å². The summed E-state index contributed by atoms with van der Waals surface area (Å²) < 4.78 is 2.68. The molecule has 0 fully saturated rings. The summed E-state index contributed by atoms with van der Waals surface area (Å²) in [5.74, 6) is 0. The molecule has 0 bridgehead atoms. The van der Waals surface area contributed by atoms with E-state index in [2.05, 4.69) is 9.34 Å². The van der Waals surface area contributed by atoms with Crippen LogP contribution in [0.2, 0.25) is 0 Å². The van der Waals surface area contributed by atoms with E-state index in [0.717, 1.165) is 26.2 Å². The Labute approximate surface area is 119 Å². The Morgan fingerprint density at radius 3 is 1.19 bits per heavy atom. The van der Waals surface area contributed by atoms with Crippen molar-refractivity contribution < 1.29 is 0 Å². The third-order valence-corrected chi connectivity index (χ3v) is 10.8. The van der Waals surface area contributed by atoms with Crippen molar-refractivity contribution in [2.75, 3.05) is 26.2 Å². The zero-order valence-electron chi connectivity index (χ0n) is 10.2. The van der Waals surface area contributed by atoms with Gasteiger partial charge in [-0.25, -0.2) is 0 Å². The molecule has 0 radical (unpaired) electrons. The lowest BCUT2D eigenvalue weighted by Gasteiger charge is -2.39. The van der Waals surface area contributed by atoms with Gasteiger partial charge in [-0.1, -0.05) is 0 Å². The zero-order chi connectivity index (χ0) is 13.0. The highest BCUT2D eigenvalue weighted by molar-refractivity contribution is 8.00. The predicted molar refractivity (Wildman–Crippen MR) is 78.9 cm³/mol. The van der Waals surface area contributed by atoms with Crippen LogP contribution in [0.15, 0.2) is 0 Å². The molecule has 0 unspecified atom stereocenters. The minimum atomic E-state index is -2.44. The first-order valence-electron chi connectivity index (χ1n) is 5.45. The van der Waals surface area contributed by atoms with Gasteiger partial charge in [0, 0.05) is 26.2 Å². The van der Waals surface area contributed by atoms with Gasteiger partial charge in [0.05, 0.1) is 0 Å². The van der Waals surface area contributed by atoms with Crippen LogP contribution in [0.5, 0.6) is 0 Å². The molecule has 0 N–H and O–H groups in total. The summed E-state index contributed by atoms with van der Waals surface area (Å²) in [7, 11) is 0. The standard InChI is InChI=1S/C9H20Cl4N2P/c1-5-14(6-2)16(13,9(10,11)12)15(7-3)8-4/h5-8H2,1-4H3/q+1. The first-order valence-corrected chi connectivity index (χ1v) is 9.19. The van der Waals surface area contributed by atoms with E-state index in [4.69, 9.17) is 46.0 Å². The van der Waals surface area contributed by atoms with Crippen LogP contribution in [-0.2, 0) is 0 Å². The molecule has 2 nitrogen and oxygen atoms in total. The zero-order valence-corrected chi connectivity index (χ0v) is 14.1. The third-order valence-electron chi connectivity index (χ3n) is 2.53. The van der Waals surface area contributed by atoms with Crippen LogP contribution in [-0.4, -0.2) is 39.1 Å². The molecule has 98 valence electrons. The number of nitrogens with zero attached hydrogens (tertiary/aromatic N) is 2. The van der Waals surface area contributed by atoms with Gasteiger partial charge in [-0.05, 0) is 62.5 Å². The minimum absolute atomic E-state index is 0.776. The van der Waals surface area contributed by atoms with Gasteiger partial charge in [-0.15, -0.1) is 9.34 Å². The highest BCUT2D eigenvalue weighted by atomic mass is 35.7. The molecule has 0 aromatic rings. The van der Waals surface area contributed by atoms with Gasteiger partial charge < -0.3 is 0 Å². The Bertz CT molecular complexity index is 190. The second-order valence-corrected chi connectivity index (χ2v) is 10.6. The van der Waals surface area contributed by atoms with Crippen LogP contribution in [0.1, 0.15) is 27.7 Å². The number of alkyl halides is 3. The maximum Gasteiger partial charge on any atom is 0.348 e. The molecule has 16 heavy (non-hydrogen) atoms. The van der Waals surface area contributed by atoms with Crippen LogP contribution in [0.25, 0.3) is 0 Å². The van der Waals surface area contributed by atoms with Crippen molar-refractivity contribution in [2.45, 2.75) is 31.2 Å². The normalized spacial score (nSPS) is 13.9. The first kappa shape index (κ1) is 17.5. The Morgan fingerprint density at radius 1 is 0.812 bits per heavy atom. The third kappa shape index (κ3) is 3.51. The Kier molecular flexibility index (Phi) is 7.86. The van der Waals surface area contributed by atoms with E-state index >= 15 is 0 Å². The predicted octanol–water partition coefficient (Wildman–Crippen LogP) is 5.00. The maximum absolute atomic E-state index is 6.72. The molecule has 0 heterocycles. The van der Waals surface area contributed by atoms with Crippen molar-refractivity contribution in [3.63, 3.8) is 0 Å². The van der Waals surface area contributed by atoms with E-state index in [9.17, 15) is 0 Å². The molecule has 0 aromatic carbocycles. The van der Waals surface area contributed by atoms with E-state index < -0.39 is 10.5 Å². The number of hydrogen-bond acceptors (Lipinski definition) is 2. The van der Waals surface area contributed by atoms with Crippen molar-refractivity contribution >= 4 is 53.0 Å². The summed E-state index contributed by atoms with van der Waals surface area (Å²) in [4.78, 5) is 0. The Morgan fingerprint density at radius 2 is 1.06 bits per heavy atom. The Hall–Kier alpha value is 1.51. The van der Waals surface area contributed by atoms with Crippen LogP contribution in [0.4, 0.5) is 0 Å². The average Bonchev–Trinajstić information content (AvgIpc) is 2.19. The fourth-order valence-electron chi connectivity index (χ4n) is 1.70. The summed E-state index contributed by atoms with van der Waals surface area (Å²) >= 11 is 25.0. The quantitative estimate of drug-likeness (QED) is 0.500. The number of rotatable bonds is 6. The number of hydrogen-bond donors (Lipinski definition) is 0. The average molecular weight is 329 g/mol. The fourth-order valence-corrected chi connectivity index (χ4v) is 7.40. The fraction of sp³-hybridized carbons (Fsp3) is 1.00. The SMILES string of the molecule is CCN(CC)[P+](Cl)(N(CC)CC)C(Cl)(Cl)Cl. The van der Waals surface area contributed by atoms with Crippen molar-refractivity contribution in [1.29, 1.82) is 0 Å². The summed E-state index contributed by atoms with van der Waals surface area (Å²) in [6, 6.07) is 0. The lowest BCUT2D eigenvalue weighted by molar-refractivity contribution is 0.416. The molecule has 0 aliphatic heterocycles. The van der Waals surface area contributed by atoms with Crippen molar-refractivity contribution in [3.8, 4) is 0 Å². The first-order chi connectivity index (χ1) is 7.29. The van der Waals surface area contributed by atoms with Gasteiger partial charge in [0.15, 0.2) is 0 Å². The molecule has 0 atom stereocenters. The van der Waals surface area contributed by atoms with Crippen molar-refractivity contribution in [3.05, 3.63) is 0 Å². The van der Waals surface area contributed by atoms with Gasteiger partial charge in [-0.3, -0.25) is 0 Å². The van der Waals surface area contributed by atoms with Gasteiger partial charge in [-0.2, -0.15) is 0 Å². The molecule has 0 aromatic heterocycles. The van der Waals surface area contributed by atoms with E-state index in [0.29, 0.717) is 0 Å². The molecule has 0 aliphatic carbocycles. The molecule has 7 heteroatoms. The van der Waals surface area contributed by atoms with Crippen LogP contribution in [0, 0.1) is 0 Å². The second-order valence-electron chi connectivity index (χ2n) is 3.27. The van der Waals surface area contributed by atoms with Gasteiger partial charge in [0.2, 0.25) is 0 Å². The van der Waals surface area contributed by atoms with Crippen LogP contribution >= 0.6 is 53.0 Å². The van der Waals surface area contributed by atoms with Gasteiger partial charge >= 0.3 is 10.5 Å². The summed E-state index contributed by atoms with van der Waals surface area (Å²) in [6.07, 6.45) is 0. The topological polar surface area (TPSA) is 6.48 Å². The summed E-state index contributed by atoms with van der Waals surface area (Å²) in [5.41, 5.74) is 0. The smallest absolute Gasteiger partial charge is 0.146 e. The van der Waals surface area contributed by atoms with E-state index in [-0.39, 0.29) is 0 Å². The monoisotopic (exact) mass is 327 g/mol. The molecular formula is C9H20Cl4N2P+. The van der Waals surface area contributed by atoms with Gasteiger partial charge in [0.25, 0.3) is 0 Å². The molecule has 0 spiro atoms. The van der Waals surface area contributed by atoms with Crippen LogP contribution in [0.3, 0.4) is 0 Å². The number of halogens is 4. The molecule has 0 saturated carbocycles. The Balaban J connectivity index is 5.33. The highest BCUT2D eigenvalue weighted by Gasteiger charge is 2.64. The van der Waals surface area contributed by atoms with Crippen molar-refractivity contribution in [1.82, 2.24) is 9.34 Å². The maximum atomic E-state index is 6.72. The molecule has 0 aliphatic rings. The lowest BCUT2D eigenvalue weighted by Crippen LogP contribution is -2.39. The summed E-state index contributed by atoms with van der Waals surface area (Å²) in [6.45, 7) is 8.78. The van der Waals surface area contributed by atoms with E-state index in [1.807, 2.05) is 27.7 Å².